The summed E-state index contributed by atoms with van der Waals surface area (Å²) in [6, 6.07) is 53.2. The van der Waals surface area contributed by atoms with E-state index in [1.807, 2.05) is 0 Å². The van der Waals surface area contributed by atoms with E-state index in [1.165, 1.54) is 99.0 Å². The van der Waals surface area contributed by atoms with Crippen LogP contribution in [0.3, 0.4) is 0 Å². The Morgan fingerprint density at radius 1 is 0.523 bits per heavy atom. The molecule has 0 fully saturated rings. The molecular weight excluding hydrogens is 655 g/mol. The van der Waals surface area contributed by atoms with Crippen molar-refractivity contribution in [2.75, 3.05) is 0 Å². The van der Waals surface area contributed by atoms with Gasteiger partial charge in [-0.15, -0.1) is 0 Å². The molecule has 3 heteroatoms. The Morgan fingerprint density at radius 2 is 1.11 bits per heavy atom. The number of rotatable bonds is 4. The second-order valence-electron chi connectivity index (χ2n) is 11.0. The van der Waals surface area contributed by atoms with Crippen LogP contribution >= 0.6 is 0 Å². The van der Waals surface area contributed by atoms with Crippen LogP contribution in [0.25, 0.3) is 26.1 Å². The molecule has 0 saturated heterocycles. The average molecular weight is 682 g/mol. The van der Waals surface area contributed by atoms with Crippen LogP contribution in [0.1, 0.15) is 39.3 Å². The summed E-state index contributed by atoms with van der Waals surface area (Å²) in [5.74, 6) is 0.154. The van der Waals surface area contributed by atoms with E-state index < -0.39 is 0 Å². The predicted molar refractivity (Wildman–Crippen MR) is 170 cm³/mol. The van der Waals surface area contributed by atoms with E-state index in [0.717, 1.165) is 0 Å². The molecule has 2 aliphatic carbocycles. The van der Waals surface area contributed by atoms with Crippen LogP contribution in [-0.4, -0.2) is 0 Å². The zero-order valence-corrected chi connectivity index (χ0v) is 27.8. The summed E-state index contributed by atoms with van der Waals surface area (Å²) in [6.45, 7) is 0. The van der Waals surface area contributed by atoms with Crippen molar-refractivity contribution in [3.8, 4) is 11.1 Å². The van der Waals surface area contributed by atoms with Gasteiger partial charge in [-0.1, -0.05) is 0 Å². The Hall–Kier alpha value is -3.74. The Balaban J connectivity index is 0.00000171. The SMILES string of the molecule is [Cl-].[Cl-].[Zr+2][C]1=c2ccccc2=c2ccc(=C(c3ccccc3)c3ccccc3)c(C3C=Cc4c(-c5ccccc5)cccc43)c21. The van der Waals surface area contributed by atoms with Crippen molar-refractivity contribution >= 4 is 14.9 Å². The van der Waals surface area contributed by atoms with Crippen molar-refractivity contribution in [3.63, 3.8) is 0 Å². The van der Waals surface area contributed by atoms with Crippen molar-refractivity contribution in [2.45, 2.75) is 5.92 Å². The molecule has 1 unspecified atom stereocenters. The van der Waals surface area contributed by atoms with E-state index in [9.17, 15) is 0 Å². The molecule has 2 aliphatic rings. The third kappa shape index (κ3) is 4.98. The molecule has 44 heavy (non-hydrogen) atoms. The fourth-order valence-corrected chi connectivity index (χ4v) is 8.07. The van der Waals surface area contributed by atoms with E-state index in [-0.39, 0.29) is 30.7 Å². The molecule has 0 bridgehead atoms. The third-order valence-electron chi connectivity index (χ3n) is 8.70. The number of hydrogen-bond acceptors (Lipinski definition) is 0. The summed E-state index contributed by atoms with van der Waals surface area (Å²) in [5.41, 5.74) is 11.9. The fourth-order valence-electron chi connectivity index (χ4n) is 6.87. The molecular formula is C41H27Cl2Zr. The van der Waals surface area contributed by atoms with Gasteiger partial charge in [-0.3, -0.25) is 0 Å². The van der Waals surface area contributed by atoms with E-state index in [0.29, 0.717) is 0 Å². The molecule has 0 aromatic heterocycles. The maximum atomic E-state index is 2.44. The van der Waals surface area contributed by atoms with Gasteiger partial charge in [0.05, 0.1) is 0 Å². The molecule has 0 N–H and O–H groups in total. The Bertz CT molecular complexity index is 2200. The molecule has 0 heterocycles. The first kappa shape index (κ1) is 30.3. The normalized spacial score (nSPS) is 13.8. The second kappa shape index (κ2) is 12.7. The van der Waals surface area contributed by atoms with Gasteiger partial charge in [0.1, 0.15) is 0 Å². The van der Waals surface area contributed by atoms with Gasteiger partial charge >= 0.3 is 263 Å². The molecule has 6 aromatic carbocycles. The quantitative estimate of drug-likeness (QED) is 0.268. The monoisotopic (exact) mass is 679 g/mol. The predicted octanol–water partition coefficient (Wildman–Crippen LogP) is 2.07. The molecule has 0 saturated carbocycles. The van der Waals surface area contributed by atoms with Crippen molar-refractivity contribution in [1.29, 1.82) is 0 Å². The molecule has 0 aliphatic heterocycles. The van der Waals surface area contributed by atoms with Crippen molar-refractivity contribution in [1.82, 2.24) is 0 Å². The van der Waals surface area contributed by atoms with Crippen LogP contribution in [0, 0.1) is 10.4 Å². The first-order chi connectivity index (χ1) is 20.8. The topological polar surface area (TPSA) is 0 Å². The van der Waals surface area contributed by atoms with Crippen molar-refractivity contribution in [3.05, 3.63) is 206 Å². The molecule has 1 atom stereocenters. The van der Waals surface area contributed by atoms with Crippen molar-refractivity contribution in [2.24, 2.45) is 0 Å². The number of allylic oxidation sites excluding steroid dienone is 1. The van der Waals surface area contributed by atoms with Crippen LogP contribution < -0.4 is 35.3 Å². The van der Waals surface area contributed by atoms with E-state index in [4.69, 9.17) is 0 Å². The maximum absolute atomic E-state index is 2.44. The van der Waals surface area contributed by atoms with Crippen LogP contribution in [0.4, 0.5) is 0 Å². The van der Waals surface area contributed by atoms with Gasteiger partial charge in [-0.05, 0) is 0 Å². The number of halogens is 2. The van der Waals surface area contributed by atoms with E-state index >= 15 is 0 Å². The fraction of sp³-hybridized carbons (Fsp3) is 0.0244. The molecule has 0 spiro atoms. The van der Waals surface area contributed by atoms with Gasteiger partial charge in [-0.2, -0.15) is 0 Å². The molecule has 209 valence electrons. The summed E-state index contributed by atoms with van der Waals surface area (Å²) in [6.07, 6.45) is 4.80. The first-order valence-corrected chi connectivity index (χ1v) is 15.7. The van der Waals surface area contributed by atoms with Gasteiger partial charge in [0.2, 0.25) is 0 Å². The van der Waals surface area contributed by atoms with Crippen LogP contribution in [0.15, 0.2) is 152 Å². The number of benzene rings is 6. The van der Waals surface area contributed by atoms with Crippen LogP contribution in [0.5, 0.6) is 0 Å². The number of fused-ring (bicyclic) bond motifs is 3. The first-order valence-electron chi connectivity index (χ1n) is 14.5. The van der Waals surface area contributed by atoms with Crippen LogP contribution in [0.2, 0.25) is 0 Å². The Morgan fingerprint density at radius 3 is 1.77 bits per heavy atom. The zero-order chi connectivity index (χ0) is 28.0. The standard InChI is InChI=1S/C41H27.2ClH.Zr/c1-4-13-28(14-5-1)32-21-12-22-34-35(32)23-25-37(34)41-38(26-24-36-33-20-11-10-19-31(33)27-39(36)41)40(29-15-6-2-7-16-29)30-17-8-3-9-18-30;;;/h1-26,37H;2*1H;/q;;;+2/p-2. The van der Waals surface area contributed by atoms with Gasteiger partial charge in [0, 0.05) is 0 Å². The van der Waals surface area contributed by atoms with Gasteiger partial charge < -0.3 is 24.8 Å². The number of hydrogen-bond donors (Lipinski definition) is 0. The average Bonchev–Trinajstić information content (AvgIpc) is 3.62. The molecule has 0 amide bonds. The summed E-state index contributed by atoms with van der Waals surface area (Å²) in [4.78, 5) is 0. The minimum absolute atomic E-state index is 0. The summed E-state index contributed by atoms with van der Waals surface area (Å²) in [5, 5.41) is 5.41. The van der Waals surface area contributed by atoms with Gasteiger partial charge in [0.25, 0.3) is 0 Å². The van der Waals surface area contributed by atoms with Gasteiger partial charge in [-0.25, -0.2) is 0 Å². The zero-order valence-electron chi connectivity index (χ0n) is 23.8. The molecule has 0 nitrogen and oxygen atoms in total. The molecule has 0 radical (unpaired) electrons. The summed E-state index contributed by atoms with van der Waals surface area (Å²) >= 11 is 1.45. The molecule has 6 aromatic rings. The van der Waals surface area contributed by atoms with E-state index in [1.54, 1.807) is 0 Å². The Labute approximate surface area is 285 Å². The van der Waals surface area contributed by atoms with Crippen molar-refractivity contribution < 1.29 is 49.5 Å². The van der Waals surface area contributed by atoms with E-state index in [2.05, 4.69) is 158 Å². The summed E-state index contributed by atoms with van der Waals surface area (Å²) in [7, 11) is 0. The van der Waals surface area contributed by atoms with Crippen LogP contribution in [-0.2, 0) is 24.7 Å². The molecule has 8 rings (SSSR count). The third-order valence-corrected chi connectivity index (χ3v) is 9.98. The van der Waals surface area contributed by atoms with Gasteiger partial charge in [0.15, 0.2) is 0 Å². The minimum atomic E-state index is 0. The second-order valence-corrected chi connectivity index (χ2v) is 12.2. The Kier molecular flexibility index (Phi) is 8.75. The summed E-state index contributed by atoms with van der Waals surface area (Å²) < 4.78 is 1.45.